The van der Waals surface area contributed by atoms with Crippen molar-refractivity contribution < 1.29 is 9.53 Å². The molecule has 0 aromatic heterocycles. The maximum atomic E-state index is 12.1. The molecule has 5 nitrogen and oxygen atoms in total. The van der Waals surface area contributed by atoms with Crippen molar-refractivity contribution in [2.45, 2.75) is 20.4 Å². The number of amides is 1. The molecule has 1 aliphatic heterocycles. The first-order valence-electron chi connectivity index (χ1n) is 8.41. The van der Waals surface area contributed by atoms with E-state index in [1.165, 1.54) is 0 Å². The summed E-state index contributed by atoms with van der Waals surface area (Å²) in [4.78, 5) is 16.8. The topological polar surface area (TPSA) is 44.8 Å². The molecule has 0 saturated carbocycles. The Balaban J connectivity index is 1.67. The van der Waals surface area contributed by atoms with Crippen LogP contribution in [-0.2, 0) is 11.3 Å². The van der Waals surface area contributed by atoms with Crippen LogP contribution in [0.2, 0.25) is 0 Å². The predicted molar refractivity (Wildman–Crippen MR) is 92.6 cm³/mol. The van der Waals surface area contributed by atoms with Crippen molar-refractivity contribution in [2.24, 2.45) is 5.92 Å². The lowest BCUT2D eigenvalue weighted by atomic mass is 10.2. The quantitative estimate of drug-likeness (QED) is 0.829. The fourth-order valence-electron chi connectivity index (χ4n) is 2.85. The minimum Gasteiger partial charge on any atom is -0.497 e. The van der Waals surface area contributed by atoms with Crippen LogP contribution in [0.25, 0.3) is 0 Å². The van der Waals surface area contributed by atoms with E-state index in [2.05, 4.69) is 29.0 Å². The van der Waals surface area contributed by atoms with E-state index in [1.807, 2.05) is 24.3 Å². The highest BCUT2D eigenvalue weighted by atomic mass is 16.5. The Labute approximate surface area is 139 Å². The van der Waals surface area contributed by atoms with Gasteiger partial charge in [0, 0.05) is 39.3 Å². The summed E-state index contributed by atoms with van der Waals surface area (Å²) in [5.74, 6) is 1.63. The van der Waals surface area contributed by atoms with Gasteiger partial charge in [-0.3, -0.25) is 9.69 Å². The van der Waals surface area contributed by atoms with Gasteiger partial charge >= 0.3 is 0 Å². The van der Waals surface area contributed by atoms with Crippen LogP contribution in [0.4, 0.5) is 0 Å². The Morgan fingerprint density at radius 1 is 1.13 bits per heavy atom. The molecule has 0 unspecified atom stereocenters. The summed E-state index contributed by atoms with van der Waals surface area (Å²) in [6.45, 7) is 10.8. The number of methoxy groups -OCH3 is 1. The van der Waals surface area contributed by atoms with Crippen LogP contribution in [0.15, 0.2) is 24.3 Å². The Morgan fingerprint density at radius 2 is 1.74 bits per heavy atom. The molecular formula is C18H29N3O2. The highest BCUT2D eigenvalue weighted by Gasteiger charge is 2.19. The number of hydrogen-bond acceptors (Lipinski definition) is 4. The molecule has 23 heavy (non-hydrogen) atoms. The second-order valence-electron chi connectivity index (χ2n) is 6.60. The largest absolute Gasteiger partial charge is 0.497 e. The van der Waals surface area contributed by atoms with E-state index in [-0.39, 0.29) is 5.91 Å². The number of benzene rings is 1. The van der Waals surface area contributed by atoms with Crippen molar-refractivity contribution in [3.05, 3.63) is 29.8 Å². The Bertz CT molecular complexity index is 480. The maximum Gasteiger partial charge on any atom is 0.234 e. The predicted octanol–water partition coefficient (Wildman–Crippen LogP) is 1.58. The zero-order valence-electron chi connectivity index (χ0n) is 14.5. The molecule has 0 spiro atoms. The molecule has 128 valence electrons. The lowest BCUT2D eigenvalue weighted by Crippen LogP contribution is -2.50. The first kappa shape index (κ1) is 17.8. The standard InChI is InChI=1S/C18H29N3O2/c1-15(2)13-20-8-10-21(11-9-20)14-18(22)19-12-16-4-6-17(23-3)7-5-16/h4-7,15H,8-14H2,1-3H3,(H,19,22). The Kier molecular flexibility index (Phi) is 6.86. The molecular weight excluding hydrogens is 290 g/mol. The van der Waals surface area contributed by atoms with Crippen molar-refractivity contribution in [3.8, 4) is 5.75 Å². The second kappa shape index (κ2) is 8.89. The molecule has 2 rings (SSSR count). The van der Waals surface area contributed by atoms with Gasteiger partial charge < -0.3 is 15.0 Å². The van der Waals surface area contributed by atoms with E-state index in [9.17, 15) is 4.79 Å². The summed E-state index contributed by atoms with van der Waals surface area (Å²) in [7, 11) is 1.65. The van der Waals surface area contributed by atoms with Crippen LogP contribution in [0, 0.1) is 5.92 Å². The van der Waals surface area contributed by atoms with Crippen LogP contribution in [0.3, 0.4) is 0 Å². The van der Waals surface area contributed by atoms with Gasteiger partial charge in [-0.1, -0.05) is 26.0 Å². The number of nitrogens with zero attached hydrogens (tertiary/aromatic N) is 2. The number of rotatable bonds is 7. The van der Waals surface area contributed by atoms with Crippen molar-refractivity contribution in [1.29, 1.82) is 0 Å². The summed E-state index contributed by atoms with van der Waals surface area (Å²) in [5.41, 5.74) is 1.08. The van der Waals surface area contributed by atoms with Gasteiger partial charge in [0.2, 0.25) is 5.91 Å². The minimum absolute atomic E-state index is 0.0955. The molecule has 1 heterocycles. The van der Waals surface area contributed by atoms with Gasteiger partial charge in [-0.25, -0.2) is 0 Å². The molecule has 0 aliphatic carbocycles. The molecule has 0 radical (unpaired) electrons. The van der Waals surface area contributed by atoms with Gasteiger partial charge in [0.1, 0.15) is 5.75 Å². The van der Waals surface area contributed by atoms with E-state index in [1.54, 1.807) is 7.11 Å². The zero-order chi connectivity index (χ0) is 16.7. The number of carbonyl (C=O) groups excluding carboxylic acids is 1. The third kappa shape index (κ3) is 6.20. The minimum atomic E-state index is 0.0955. The van der Waals surface area contributed by atoms with Crippen LogP contribution < -0.4 is 10.1 Å². The smallest absolute Gasteiger partial charge is 0.234 e. The van der Waals surface area contributed by atoms with Gasteiger partial charge in [0.15, 0.2) is 0 Å². The van der Waals surface area contributed by atoms with Crippen LogP contribution in [-0.4, -0.2) is 62.1 Å². The number of ether oxygens (including phenoxy) is 1. The van der Waals surface area contributed by atoms with Crippen molar-refractivity contribution in [1.82, 2.24) is 15.1 Å². The first-order chi connectivity index (χ1) is 11.1. The number of piperazine rings is 1. The molecule has 1 aromatic rings. The SMILES string of the molecule is COc1ccc(CNC(=O)CN2CCN(CC(C)C)CC2)cc1. The van der Waals surface area contributed by atoms with Gasteiger partial charge in [-0.05, 0) is 23.6 Å². The highest BCUT2D eigenvalue weighted by molar-refractivity contribution is 5.78. The van der Waals surface area contributed by atoms with Gasteiger partial charge in [-0.2, -0.15) is 0 Å². The summed E-state index contributed by atoms with van der Waals surface area (Å²) in [6.07, 6.45) is 0. The molecule has 0 bridgehead atoms. The molecule has 1 fully saturated rings. The molecule has 5 heteroatoms. The van der Waals surface area contributed by atoms with Crippen LogP contribution in [0.1, 0.15) is 19.4 Å². The summed E-state index contributed by atoms with van der Waals surface area (Å²) in [6, 6.07) is 7.78. The summed E-state index contributed by atoms with van der Waals surface area (Å²) < 4.78 is 5.13. The summed E-state index contributed by atoms with van der Waals surface area (Å²) in [5, 5.41) is 2.99. The lowest BCUT2D eigenvalue weighted by Gasteiger charge is -2.35. The average molecular weight is 319 g/mol. The van der Waals surface area contributed by atoms with Crippen molar-refractivity contribution in [2.75, 3.05) is 46.4 Å². The summed E-state index contributed by atoms with van der Waals surface area (Å²) >= 11 is 0. The fourth-order valence-corrected chi connectivity index (χ4v) is 2.85. The molecule has 1 aliphatic rings. The third-order valence-electron chi connectivity index (χ3n) is 4.10. The average Bonchev–Trinajstić information content (AvgIpc) is 2.55. The van der Waals surface area contributed by atoms with E-state index in [0.717, 1.165) is 44.0 Å². The van der Waals surface area contributed by atoms with E-state index in [4.69, 9.17) is 4.74 Å². The zero-order valence-corrected chi connectivity index (χ0v) is 14.5. The van der Waals surface area contributed by atoms with Crippen LogP contribution in [0.5, 0.6) is 5.75 Å². The van der Waals surface area contributed by atoms with Crippen molar-refractivity contribution >= 4 is 5.91 Å². The normalized spacial score (nSPS) is 16.5. The van der Waals surface area contributed by atoms with E-state index < -0.39 is 0 Å². The Morgan fingerprint density at radius 3 is 2.30 bits per heavy atom. The fraction of sp³-hybridized carbons (Fsp3) is 0.611. The van der Waals surface area contributed by atoms with Crippen LogP contribution >= 0.6 is 0 Å². The van der Waals surface area contributed by atoms with Gasteiger partial charge in [0.25, 0.3) is 0 Å². The molecule has 1 saturated heterocycles. The third-order valence-corrected chi connectivity index (χ3v) is 4.10. The highest BCUT2D eigenvalue weighted by Crippen LogP contribution is 2.11. The number of nitrogens with one attached hydrogen (secondary N) is 1. The van der Waals surface area contributed by atoms with Crippen molar-refractivity contribution in [3.63, 3.8) is 0 Å². The lowest BCUT2D eigenvalue weighted by molar-refractivity contribution is -0.122. The Hall–Kier alpha value is -1.59. The number of hydrogen-bond donors (Lipinski definition) is 1. The monoisotopic (exact) mass is 319 g/mol. The molecule has 0 atom stereocenters. The van der Waals surface area contributed by atoms with E-state index in [0.29, 0.717) is 19.0 Å². The van der Waals surface area contributed by atoms with Gasteiger partial charge in [0.05, 0.1) is 13.7 Å². The molecule has 1 amide bonds. The van der Waals surface area contributed by atoms with E-state index >= 15 is 0 Å². The maximum absolute atomic E-state index is 12.1. The second-order valence-corrected chi connectivity index (χ2v) is 6.60. The van der Waals surface area contributed by atoms with Gasteiger partial charge in [-0.15, -0.1) is 0 Å². The molecule has 1 N–H and O–H groups in total. The number of carbonyl (C=O) groups is 1. The molecule has 1 aromatic carbocycles. The first-order valence-corrected chi connectivity index (χ1v) is 8.41.